The van der Waals surface area contributed by atoms with Gasteiger partial charge in [0.15, 0.2) is 12.3 Å². The number of aromatic nitrogens is 2. The zero-order valence-electron chi connectivity index (χ0n) is 17.3. The maximum atomic E-state index is 12.5. The first kappa shape index (κ1) is 21.3. The van der Waals surface area contributed by atoms with Gasteiger partial charge in [-0.05, 0) is 38.1 Å². The lowest BCUT2D eigenvalue weighted by atomic mass is 10.1. The Labute approximate surface area is 186 Å². The Morgan fingerprint density at radius 3 is 2.72 bits per heavy atom. The maximum absolute atomic E-state index is 12.5. The van der Waals surface area contributed by atoms with Crippen LogP contribution in [0.2, 0.25) is 0 Å². The third-order valence-corrected chi connectivity index (χ3v) is 5.45. The monoisotopic (exact) mass is 453 g/mol. The smallest absolute Gasteiger partial charge is 0.359 e. The summed E-state index contributed by atoms with van der Waals surface area (Å²) in [5.74, 6) is -1.45. The maximum Gasteiger partial charge on any atom is 0.359 e. The molecule has 164 valence electrons. The first-order valence-electron chi connectivity index (χ1n) is 9.72. The SMILES string of the molecule is CCOC(=O)c1c(-c2ccco2)csc1NC(=O)COC(=O)c1cn2c(C)cccc2n1. The molecule has 0 aromatic carbocycles. The molecule has 0 aliphatic carbocycles. The molecule has 9 nitrogen and oxygen atoms in total. The Balaban J connectivity index is 1.46. The molecular weight excluding hydrogens is 434 g/mol. The van der Waals surface area contributed by atoms with Crippen LogP contribution in [0.1, 0.15) is 33.5 Å². The van der Waals surface area contributed by atoms with Crippen LogP contribution in [0, 0.1) is 6.92 Å². The first-order valence-corrected chi connectivity index (χ1v) is 10.6. The molecule has 32 heavy (non-hydrogen) atoms. The van der Waals surface area contributed by atoms with Crippen molar-refractivity contribution in [3.63, 3.8) is 0 Å². The molecule has 10 heteroatoms. The van der Waals surface area contributed by atoms with Crippen molar-refractivity contribution in [3.05, 3.63) is 65.1 Å². The fourth-order valence-electron chi connectivity index (χ4n) is 3.08. The van der Waals surface area contributed by atoms with E-state index in [1.54, 1.807) is 41.1 Å². The highest BCUT2D eigenvalue weighted by atomic mass is 32.1. The first-order chi connectivity index (χ1) is 15.5. The number of thiophene rings is 1. The molecular formula is C22H19N3O6S. The lowest BCUT2D eigenvalue weighted by Gasteiger charge is -2.08. The number of imidazole rings is 1. The molecule has 0 bridgehead atoms. The molecule has 4 aromatic heterocycles. The highest BCUT2D eigenvalue weighted by molar-refractivity contribution is 7.15. The van der Waals surface area contributed by atoms with E-state index in [0.717, 1.165) is 17.0 Å². The number of carbonyl (C=O) groups excluding carboxylic acids is 3. The van der Waals surface area contributed by atoms with Gasteiger partial charge in [0.1, 0.15) is 22.0 Å². The molecule has 0 aliphatic heterocycles. The number of esters is 2. The second-order valence-electron chi connectivity index (χ2n) is 6.70. The largest absolute Gasteiger partial charge is 0.464 e. The van der Waals surface area contributed by atoms with Crippen LogP contribution < -0.4 is 5.32 Å². The van der Waals surface area contributed by atoms with Crippen molar-refractivity contribution in [2.75, 3.05) is 18.5 Å². The number of nitrogens with zero attached hydrogens (tertiary/aromatic N) is 2. The second kappa shape index (κ2) is 9.06. The van der Waals surface area contributed by atoms with E-state index in [1.807, 2.05) is 19.1 Å². The summed E-state index contributed by atoms with van der Waals surface area (Å²) in [4.78, 5) is 41.5. The molecule has 4 aromatic rings. The van der Waals surface area contributed by atoms with E-state index in [0.29, 0.717) is 17.0 Å². The second-order valence-corrected chi connectivity index (χ2v) is 7.58. The Hall–Kier alpha value is -3.92. The highest BCUT2D eigenvalue weighted by Gasteiger charge is 2.24. The molecule has 0 atom stereocenters. The fourth-order valence-corrected chi connectivity index (χ4v) is 4.04. The number of furan rings is 1. The number of aryl methyl sites for hydroxylation is 1. The van der Waals surface area contributed by atoms with Gasteiger partial charge in [0.2, 0.25) is 0 Å². The van der Waals surface area contributed by atoms with Gasteiger partial charge < -0.3 is 23.6 Å². The van der Waals surface area contributed by atoms with Crippen LogP contribution in [-0.2, 0) is 14.3 Å². The normalized spacial score (nSPS) is 10.8. The Kier molecular flexibility index (Phi) is 6.04. The number of fused-ring (bicyclic) bond motifs is 1. The van der Waals surface area contributed by atoms with Gasteiger partial charge in [-0.25, -0.2) is 14.6 Å². The molecule has 0 saturated heterocycles. The Morgan fingerprint density at radius 2 is 2.00 bits per heavy atom. The van der Waals surface area contributed by atoms with E-state index < -0.39 is 24.5 Å². The highest BCUT2D eigenvalue weighted by Crippen LogP contribution is 2.36. The van der Waals surface area contributed by atoms with Gasteiger partial charge >= 0.3 is 11.9 Å². The lowest BCUT2D eigenvalue weighted by molar-refractivity contribution is -0.119. The van der Waals surface area contributed by atoms with Crippen LogP contribution >= 0.6 is 11.3 Å². The van der Waals surface area contributed by atoms with Gasteiger partial charge in [-0.15, -0.1) is 11.3 Å². The minimum atomic E-state index is -0.726. The van der Waals surface area contributed by atoms with E-state index in [9.17, 15) is 14.4 Å². The lowest BCUT2D eigenvalue weighted by Crippen LogP contribution is -2.22. The van der Waals surface area contributed by atoms with Gasteiger partial charge in [-0.3, -0.25) is 4.79 Å². The number of amides is 1. The number of nitrogens with one attached hydrogen (secondary N) is 1. The summed E-state index contributed by atoms with van der Waals surface area (Å²) in [6.45, 7) is 3.21. The predicted molar refractivity (Wildman–Crippen MR) is 117 cm³/mol. The van der Waals surface area contributed by atoms with Gasteiger partial charge in [0, 0.05) is 22.8 Å². The van der Waals surface area contributed by atoms with Crippen molar-refractivity contribution in [2.24, 2.45) is 0 Å². The average Bonchev–Trinajstić information content (AvgIpc) is 3.51. The fraction of sp³-hybridized carbons (Fsp3) is 0.182. The number of carbonyl (C=O) groups is 3. The Morgan fingerprint density at radius 1 is 1.16 bits per heavy atom. The van der Waals surface area contributed by atoms with Crippen molar-refractivity contribution in [1.82, 2.24) is 9.38 Å². The Bertz CT molecular complexity index is 1290. The molecule has 4 rings (SSSR count). The van der Waals surface area contributed by atoms with Crippen molar-refractivity contribution >= 4 is 39.8 Å². The molecule has 0 fully saturated rings. The summed E-state index contributed by atoms with van der Waals surface area (Å²) >= 11 is 1.14. The van der Waals surface area contributed by atoms with Gasteiger partial charge in [0.05, 0.1) is 12.9 Å². The summed E-state index contributed by atoms with van der Waals surface area (Å²) in [6.07, 6.45) is 3.04. The summed E-state index contributed by atoms with van der Waals surface area (Å²) in [5.41, 5.74) is 2.29. The minimum Gasteiger partial charge on any atom is -0.464 e. The number of ether oxygens (including phenoxy) is 2. The summed E-state index contributed by atoms with van der Waals surface area (Å²) < 4.78 is 17.4. The number of anilines is 1. The number of hydrogen-bond acceptors (Lipinski definition) is 8. The third-order valence-electron chi connectivity index (χ3n) is 4.55. The van der Waals surface area contributed by atoms with Crippen molar-refractivity contribution < 1.29 is 28.3 Å². The summed E-state index contributed by atoms with van der Waals surface area (Å²) in [6, 6.07) is 8.88. The van der Waals surface area contributed by atoms with Crippen LogP contribution in [0.25, 0.3) is 17.0 Å². The number of pyridine rings is 1. The molecule has 1 amide bonds. The van der Waals surface area contributed by atoms with Crippen LogP contribution in [0.3, 0.4) is 0 Å². The zero-order valence-corrected chi connectivity index (χ0v) is 18.1. The number of hydrogen-bond donors (Lipinski definition) is 1. The molecule has 0 spiro atoms. The number of rotatable bonds is 7. The molecule has 1 N–H and O–H groups in total. The van der Waals surface area contributed by atoms with Gasteiger partial charge in [0.25, 0.3) is 5.91 Å². The molecule has 0 radical (unpaired) electrons. The summed E-state index contributed by atoms with van der Waals surface area (Å²) in [5, 5.41) is 4.57. The minimum absolute atomic E-state index is 0.0931. The van der Waals surface area contributed by atoms with E-state index >= 15 is 0 Å². The van der Waals surface area contributed by atoms with Crippen molar-refractivity contribution in [3.8, 4) is 11.3 Å². The average molecular weight is 453 g/mol. The summed E-state index contributed by atoms with van der Waals surface area (Å²) in [7, 11) is 0. The van der Waals surface area contributed by atoms with Crippen LogP contribution in [0.5, 0.6) is 0 Å². The van der Waals surface area contributed by atoms with Crippen LogP contribution in [0.15, 0.2) is 52.6 Å². The quantitative estimate of drug-likeness (QED) is 0.422. The van der Waals surface area contributed by atoms with Crippen molar-refractivity contribution in [2.45, 2.75) is 13.8 Å². The van der Waals surface area contributed by atoms with Gasteiger partial charge in [-0.1, -0.05) is 6.07 Å². The van der Waals surface area contributed by atoms with Gasteiger partial charge in [-0.2, -0.15) is 0 Å². The van der Waals surface area contributed by atoms with Crippen molar-refractivity contribution in [1.29, 1.82) is 0 Å². The molecule has 4 heterocycles. The topological polar surface area (TPSA) is 112 Å². The van der Waals surface area contributed by atoms with E-state index in [4.69, 9.17) is 13.9 Å². The third kappa shape index (κ3) is 4.26. The van der Waals surface area contributed by atoms with E-state index in [2.05, 4.69) is 10.3 Å². The zero-order chi connectivity index (χ0) is 22.7. The van der Waals surface area contributed by atoms with Crippen LogP contribution in [-0.4, -0.2) is 40.4 Å². The molecule has 0 aliphatic rings. The predicted octanol–water partition coefficient (Wildman–Crippen LogP) is 3.94. The van der Waals surface area contributed by atoms with Crippen LogP contribution in [0.4, 0.5) is 5.00 Å². The van der Waals surface area contributed by atoms with E-state index in [-0.39, 0.29) is 22.9 Å². The van der Waals surface area contributed by atoms with E-state index in [1.165, 1.54) is 6.26 Å². The standard InChI is InChI=1S/C22H19N3O6S/c1-3-29-22(28)19-14(16-7-5-9-30-16)12-32-20(19)24-18(26)11-31-21(27)15-10-25-13(2)6-4-8-17(25)23-15/h4-10,12H,3,11H2,1-2H3,(H,24,26). The molecule has 0 unspecified atom stereocenters. The molecule has 0 saturated carbocycles.